The Morgan fingerprint density at radius 3 is 2.32 bits per heavy atom. The number of rotatable bonds is 6. The van der Waals surface area contributed by atoms with Gasteiger partial charge in [0.1, 0.15) is 12.4 Å². The maximum atomic E-state index is 12.7. The quantitative estimate of drug-likeness (QED) is 0.453. The molecule has 2 unspecified atom stereocenters. The number of benzene rings is 2. The molecule has 1 saturated carbocycles. The van der Waals surface area contributed by atoms with E-state index in [1.165, 1.54) is 37.0 Å². The van der Waals surface area contributed by atoms with Crippen LogP contribution < -0.4 is 4.74 Å². The Hall–Kier alpha value is -1.72. The first-order chi connectivity index (χ1) is 14.8. The highest BCUT2D eigenvalue weighted by Gasteiger charge is 2.41. The molecule has 2 aliphatic rings. The van der Waals surface area contributed by atoms with Crippen LogP contribution in [0.1, 0.15) is 56.1 Å². The first-order valence-corrected chi connectivity index (χ1v) is 11.4. The zero-order valence-corrected chi connectivity index (χ0v) is 18.2. The van der Waals surface area contributed by atoms with Gasteiger partial charge in [-0.3, -0.25) is 0 Å². The van der Waals surface area contributed by atoms with Crippen LogP contribution in [0.15, 0.2) is 48.5 Å². The van der Waals surface area contributed by atoms with Crippen molar-refractivity contribution >= 4 is 11.6 Å². The summed E-state index contributed by atoms with van der Waals surface area (Å²) in [7, 11) is 0. The first kappa shape index (κ1) is 22.5. The van der Waals surface area contributed by atoms with Crippen molar-refractivity contribution in [1.29, 1.82) is 0 Å². The van der Waals surface area contributed by atoms with Gasteiger partial charge in [-0.15, -0.1) is 0 Å². The Morgan fingerprint density at radius 1 is 1.00 bits per heavy atom. The lowest BCUT2D eigenvalue weighted by molar-refractivity contribution is -0.137. The second-order valence-corrected chi connectivity index (χ2v) is 9.35. The molecule has 4 rings (SSSR count). The van der Waals surface area contributed by atoms with E-state index in [2.05, 4.69) is 12.1 Å². The zero-order chi connectivity index (χ0) is 21.9. The van der Waals surface area contributed by atoms with Crippen molar-refractivity contribution in [2.45, 2.75) is 62.6 Å². The standard InChI is InChI=1S/C25H28ClF3O2/c26-21-8-4-19(5-9-21)24(12-2-13-24)16-18-3-1-14-30-23(15-18)17-31-22-10-6-20(7-11-22)25(27,28)29/h4-11,18,23H,1-3,12-17H2. The van der Waals surface area contributed by atoms with E-state index in [-0.39, 0.29) is 11.5 Å². The smallest absolute Gasteiger partial charge is 0.416 e. The van der Waals surface area contributed by atoms with Crippen LogP contribution >= 0.6 is 11.6 Å². The summed E-state index contributed by atoms with van der Waals surface area (Å²) < 4.78 is 50.0. The molecule has 0 spiro atoms. The third-order valence-corrected chi connectivity index (χ3v) is 7.02. The molecule has 0 bridgehead atoms. The first-order valence-electron chi connectivity index (χ1n) is 11.0. The van der Waals surface area contributed by atoms with Gasteiger partial charge in [-0.25, -0.2) is 0 Å². The molecule has 2 nitrogen and oxygen atoms in total. The van der Waals surface area contributed by atoms with Crippen molar-refractivity contribution in [2.24, 2.45) is 5.92 Å². The van der Waals surface area contributed by atoms with E-state index in [0.717, 1.165) is 42.8 Å². The van der Waals surface area contributed by atoms with E-state index in [9.17, 15) is 13.2 Å². The number of alkyl halides is 3. The largest absolute Gasteiger partial charge is 0.491 e. The van der Waals surface area contributed by atoms with Crippen LogP contribution in [0.5, 0.6) is 5.75 Å². The van der Waals surface area contributed by atoms with E-state index in [1.54, 1.807) is 0 Å². The van der Waals surface area contributed by atoms with Gasteiger partial charge in [-0.1, -0.05) is 30.2 Å². The maximum absolute atomic E-state index is 12.7. The summed E-state index contributed by atoms with van der Waals surface area (Å²) in [5, 5.41) is 0.765. The number of hydrogen-bond acceptors (Lipinski definition) is 2. The minimum atomic E-state index is -4.34. The topological polar surface area (TPSA) is 18.5 Å². The van der Waals surface area contributed by atoms with E-state index in [1.807, 2.05) is 12.1 Å². The lowest BCUT2D eigenvalue weighted by atomic mass is 9.60. The van der Waals surface area contributed by atoms with Crippen molar-refractivity contribution in [3.05, 3.63) is 64.7 Å². The average Bonchev–Trinajstić information content (AvgIpc) is 2.94. The van der Waals surface area contributed by atoms with Gasteiger partial charge in [0, 0.05) is 11.6 Å². The molecule has 2 fully saturated rings. The monoisotopic (exact) mass is 452 g/mol. The summed E-state index contributed by atoms with van der Waals surface area (Å²) in [5.41, 5.74) is 0.947. The molecule has 0 aromatic heterocycles. The van der Waals surface area contributed by atoms with E-state index >= 15 is 0 Å². The predicted octanol–water partition coefficient (Wildman–Crippen LogP) is 7.43. The average molecular weight is 453 g/mol. The molecule has 1 heterocycles. The van der Waals surface area contributed by atoms with E-state index in [4.69, 9.17) is 21.1 Å². The third kappa shape index (κ3) is 5.56. The lowest BCUT2D eigenvalue weighted by Crippen LogP contribution is -2.37. The van der Waals surface area contributed by atoms with Gasteiger partial charge in [-0.2, -0.15) is 13.2 Å². The summed E-state index contributed by atoms with van der Waals surface area (Å²) in [6, 6.07) is 13.2. The van der Waals surface area contributed by atoms with Gasteiger partial charge in [0.05, 0.1) is 11.7 Å². The Labute approximate surface area is 186 Å². The second-order valence-electron chi connectivity index (χ2n) is 8.91. The molecule has 1 aliphatic heterocycles. The fraction of sp³-hybridized carbons (Fsp3) is 0.520. The van der Waals surface area contributed by atoms with Crippen LogP contribution in [-0.2, 0) is 16.3 Å². The van der Waals surface area contributed by atoms with Gasteiger partial charge in [0.25, 0.3) is 0 Å². The highest BCUT2D eigenvalue weighted by atomic mass is 35.5. The summed E-state index contributed by atoms with van der Waals surface area (Å²) in [5.74, 6) is 0.980. The summed E-state index contributed by atoms with van der Waals surface area (Å²) >= 11 is 6.09. The fourth-order valence-corrected chi connectivity index (χ4v) is 5.11. The number of halogens is 4. The number of hydrogen-bond donors (Lipinski definition) is 0. The van der Waals surface area contributed by atoms with Crippen LogP contribution in [0, 0.1) is 5.92 Å². The predicted molar refractivity (Wildman–Crippen MR) is 116 cm³/mol. The zero-order valence-electron chi connectivity index (χ0n) is 17.5. The molecule has 1 saturated heterocycles. The van der Waals surface area contributed by atoms with Crippen LogP contribution in [0.4, 0.5) is 13.2 Å². The van der Waals surface area contributed by atoms with Crippen molar-refractivity contribution in [3.8, 4) is 5.75 Å². The highest BCUT2D eigenvalue weighted by Crippen LogP contribution is 2.50. The van der Waals surface area contributed by atoms with E-state index < -0.39 is 11.7 Å². The van der Waals surface area contributed by atoms with E-state index in [0.29, 0.717) is 24.9 Å². The molecule has 6 heteroatoms. The Morgan fingerprint density at radius 2 is 1.71 bits per heavy atom. The maximum Gasteiger partial charge on any atom is 0.416 e. The Balaban J connectivity index is 1.36. The van der Waals surface area contributed by atoms with Gasteiger partial charge in [-0.05, 0) is 91.8 Å². The summed E-state index contributed by atoms with van der Waals surface area (Å²) in [6.07, 6.45) is 3.49. The van der Waals surface area contributed by atoms with Crippen molar-refractivity contribution in [1.82, 2.24) is 0 Å². The molecule has 168 valence electrons. The third-order valence-electron chi connectivity index (χ3n) is 6.77. The molecule has 0 amide bonds. The molecule has 2 atom stereocenters. The summed E-state index contributed by atoms with van der Waals surface area (Å²) in [6.45, 7) is 1.06. The molecule has 2 aromatic rings. The Bertz CT molecular complexity index is 845. The van der Waals surface area contributed by atoms with Gasteiger partial charge >= 0.3 is 6.18 Å². The van der Waals surface area contributed by atoms with Gasteiger partial charge in [0.2, 0.25) is 0 Å². The summed E-state index contributed by atoms with van der Waals surface area (Å²) in [4.78, 5) is 0. The van der Waals surface area contributed by atoms with Crippen LogP contribution in [0.3, 0.4) is 0 Å². The molecule has 0 N–H and O–H groups in total. The second kappa shape index (κ2) is 9.41. The van der Waals surface area contributed by atoms with Crippen LogP contribution in [0.25, 0.3) is 0 Å². The van der Waals surface area contributed by atoms with Crippen molar-refractivity contribution in [3.63, 3.8) is 0 Å². The molecule has 1 aliphatic carbocycles. The SMILES string of the molecule is FC(F)(F)c1ccc(OCC2CC(CC3(c4ccc(Cl)cc4)CCC3)CCCO2)cc1. The fourth-order valence-electron chi connectivity index (χ4n) is 4.98. The van der Waals surface area contributed by atoms with Crippen molar-refractivity contribution < 1.29 is 22.6 Å². The minimum absolute atomic E-state index is 0.0443. The molecule has 2 aromatic carbocycles. The van der Waals surface area contributed by atoms with Crippen molar-refractivity contribution in [2.75, 3.05) is 13.2 Å². The van der Waals surface area contributed by atoms with Gasteiger partial charge < -0.3 is 9.47 Å². The van der Waals surface area contributed by atoms with Crippen LogP contribution in [-0.4, -0.2) is 19.3 Å². The van der Waals surface area contributed by atoms with Crippen LogP contribution in [0.2, 0.25) is 5.02 Å². The molecular formula is C25H28ClF3O2. The lowest BCUT2D eigenvalue weighted by Gasteiger charge is -2.45. The normalized spacial score (nSPS) is 23.6. The molecular weight excluding hydrogens is 425 g/mol. The minimum Gasteiger partial charge on any atom is -0.491 e. The van der Waals surface area contributed by atoms with Gasteiger partial charge in [0.15, 0.2) is 0 Å². The molecule has 0 radical (unpaired) electrons. The Kier molecular flexibility index (Phi) is 6.83. The number of ether oxygens (including phenoxy) is 2. The highest BCUT2D eigenvalue weighted by molar-refractivity contribution is 6.30. The molecule has 31 heavy (non-hydrogen) atoms.